The number of alkyl halides is 2. The second-order valence-corrected chi connectivity index (χ2v) is 13.9. The van der Waals surface area contributed by atoms with Crippen LogP contribution in [0, 0.1) is 22.7 Å². The van der Waals surface area contributed by atoms with Crippen molar-refractivity contribution in [3.8, 4) is 0 Å². The fourth-order valence-electron chi connectivity index (χ4n) is 9.58. The first-order valence-corrected chi connectivity index (χ1v) is 15.6. The number of hydrogen-bond donors (Lipinski definition) is 3. The van der Waals surface area contributed by atoms with Crippen molar-refractivity contribution in [2.75, 3.05) is 6.61 Å². The van der Waals surface area contributed by atoms with Crippen LogP contribution >= 0.6 is 0 Å². The third-order valence-electron chi connectivity index (χ3n) is 11.8. The summed E-state index contributed by atoms with van der Waals surface area (Å²) in [5.41, 5.74) is -3.08. The summed E-state index contributed by atoms with van der Waals surface area (Å²) in [6.45, 7) is 2.44. The van der Waals surface area contributed by atoms with Gasteiger partial charge in [-0.25, -0.2) is 8.78 Å². The minimum absolute atomic E-state index is 0.0351. The monoisotopic (exact) mass is 620 g/mol. The molecule has 0 spiro atoms. The van der Waals surface area contributed by atoms with Gasteiger partial charge in [-0.15, -0.1) is 0 Å². The Bertz CT molecular complexity index is 1600. The van der Waals surface area contributed by atoms with Crippen LogP contribution in [0.2, 0.25) is 0 Å². The summed E-state index contributed by atoms with van der Waals surface area (Å²) >= 11 is 0. The zero-order valence-electron chi connectivity index (χ0n) is 25.3. The van der Waals surface area contributed by atoms with Crippen molar-refractivity contribution in [2.24, 2.45) is 22.7 Å². The topological polar surface area (TPSA) is 113 Å². The van der Waals surface area contributed by atoms with Crippen LogP contribution in [0.3, 0.4) is 0 Å². The first kappa shape index (κ1) is 30.6. The number of hydrogen-bond acceptors (Lipinski definition) is 7. The molecule has 9 heteroatoms. The molecule has 0 amide bonds. The van der Waals surface area contributed by atoms with Crippen LogP contribution in [0.1, 0.15) is 61.7 Å². The largest absolute Gasteiger partial charge is 0.392 e. The fourth-order valence-corrected chi connectivity index (χ4v) is 9.58. The molecule has 4 aliphatic carbocycles. The highest BCUT2D eigenvalue weighted by atomic mass is 19.1. The molecule has 3 saturated carbocycles. The lowest BCUT2D eigenvalue weighted by Gasteiger charge is -2.63. The van der Waals surface area contributed by atoms with Crippen molar-refractivity contribution in [1.82, 2.24) is 0 Å². The molecule has 0 bridgehead atoms. The quantitative estimate of drug-likeness (QED) is 0.439. The van der Waals surface area contributed by atoms with Crippen molar-refractivity contribution in [3.05, 3.63) is 94.6 Å². The lowest BCUT2D eigenvalue weighted by Crippen LogP contribution is -2.70. The smallest absolute Gasteiger partial charge is 0.193 e. The molecule has 1 saturated heterocycles. The Kier molecular flexibility index (Phi) is 7.11. The van der Waals surface area contributed by atoms with Crippen LogP contribution in [0.4, 0.5) is 8.78 Å². The minimum Gasteiger partial charge on any atom is -0.392 e. The molecule has 0 aromatic heterocycles. The summed E-state index contributed by atoms with van der Waals surface area (Å²) in [4.78, 5) is 25.8. The van der Waals surface area contributed by atoms with Crippen LogP contribution < -0.4 is 0 Å². The highest BCUT2D eigenvalue weighted by molar-refractivity contribution is 6.01. The number of benzene rings is 2. The molecule has 2 aromatic rings. The molecule has 0 unspecified atom stereocenters. The molecule has 238 valence electrons. The number of aliphatic hydroxyl groups is 3. The van der Waals surface area contributed by atoms with Crippen molar-refractivity contribution in [3.63, 3.8) is 0 Å². The van der Waals surface area contributed by atoms with Crippen molar-refractivity contribution >= 4 is 11.6 Å². The third-order valence-corrected chi connectivity index (χ3v) is 11.8. The normalized spacial score (nSPS) is 41.6. The third kappa shape index (κ3) is 4.10. The first-order chi connectivity index (χ1) is 21.4. The highest BCUT2D eigenvalue weighted by Crippen LogP contribution is 2.72. The Balaban J connectivity index is 1.20. The number of carbonyl (C=O) groups is 2. The second-order valence-electron chi connectivity index (χ2n) is 13.9. The molecule has 1 heterocycles. The van der Waals surface area contributed by atoms with E-state index in [-0.39, 0.29) is 31.4 Å². The second kappa shape index (κ2) is 10.5. The van der Waals surface area contributed by atoms with E-state index in [2.05, 4.69) is 0 Å². The number of Topliss-reactive ketones (excluding diaryl/α,β-unsaturated/α-hetero) is 1. The maximum atomic E-state index is 17.6. The number of allylic oxidation sites excluding steroid dienone is 4. The summed E-state index contributed by atoms with van der Waals surface area (Å²) in [7, 11) is 0. The molecule has 0 radical (unpaired) electrons. The van der Waals surface area contributed by atoms with E-state index in [1.54, 1.807) is 6.92 Å². The van der Waals surface area contributed by atoms with Gasteiger partial charge in [0.05, 0.1) is 18.8 Å². The molecule has 10 atom stereocenters. The van der Waals surface area contributed by atoms with Crippen LogP contribution in [0.25, 0.3) is 0 Å². The molecule has 45 heavy (non-hydrogen) atoms. The molecular weight excluding hydrogens is 582 g/mol. The lowest BCUT2D eigenvalue weighted by atomic mass is 9.44. The number of ether oxygens (including phenoxy) is 2. The van der Waals surface area contributed by atoms with Crippen LogP contribution in [-0.4, -0.2) is 63.1 Å². The highest BCUT2D eigenvalue weighted by Gasteiger charge is 2.80. The van der Waals surface area contributed by atoms with Gasteiger partial charge in [-0.2, -0.15) is 0 Å². The average molecular weight is 621 g/mol. The SMILES string of the molecule is C[C@]12C=CC(=O)C=C1[C@@H](F)C[C@H]1[C@@H]3C[C@H]4O[C@@H](c5ccc(Cc6cccc(CO)c6)cc5)O[C@@]4(C(=O)CO)[C@@]3(C)C[C@H](O)[C@@]12F. The zero-order valence-corrected chi connectivity index (χ0v) is 25.3. The van der Waals surface area contributed by atoms with Gasteiger partial charge in [0, 0.05) is 22.3 Å². The minimum atomic E-state index is -2.29. The first-order valence-electron chi connectivity index (χ1n) is 15.6. The standard InChI is InChI=1S/C36H38F2O7/c1-33-11-10-24(41)14-27(33)28(37)15-26-25-16-31-36(30(43)19-40,34(25,2)17-29(42)35(26,33)38)45-32(44-31)23-8-6-20(7-9-23)12-21-4-3-5-22(13-21)18-39/h3-11,13-14,25-26,28-29,31-32,39-40,42H,12,15-19H2,1-2H3/t25-,26-,28-,29-,31+,32+,33-,34-,35-,36+/m0/s1. The van der Waals surface area contributed by atoms with Crippen LogP contribution in [0.5, 0.6) is 0 Å². The molecule has 1 aliphatic heterocycles. The van der Waals surface area contributed by atoms with E-state index in [0.717, 1.165) is 22.8 Å². The number of carbonyl (C=O) groups excluding carboxylic acids is 2. The fraction of sp³-hybridized carbons (Fsp3) is 0.500. The van der Waals surface area contributed by atoms with Gasteiger partial charge in [-0.3, -0.25) is 9.59 Å². The Morgan fingerprint density at radius 2 is 1.76 bits per heavy atom. The van der Waals surface area contributed by atoms with Gasteiger partial charge in [-0.1, -0.05) is 61.5 Å². The van der Waals surface area contributed by atoms with Crippen LogP contribution in [0.15, 0.2) is 72.3 Å². The summed E-state index contributed by atoms with van der Waals surface area (Å²) in [5.74, 6) is -2.62. The van der Waals surface area contributed by atoms with Crippen molar-refractivity contribution < 1.29 is 43.2 Å². The van der Waals surface area contributed by atoms with Gasteiger partial charge in [0.15, 0.2) is 29.1 Å². The maximum absolute atomic E-state index is 17.6. The molecule has 7 rings (SSSR count). The van der Waals surface area contributed by atoms with Gasteiger partial charge in [0.2, 0.25) is 0 Å². The predicted molar refractivity (Wildman–Crippen MR) is 159 cm³/mol. The number of fused-ring (bicyclic) bond motifs is 7. The van der Waals surface area contributed by atoms with E-state index in [0.29, 0.717) is 12.0 Å². The lowest BCUT2D eigenvalue weighted by molar-refractivity contribution is -0.235. The van der Waals surface area contributed by atoms with E-state index in [4.69, 9.17) is 9.47 Å². The summed E-state index contributed by atoms with van der Waals surface area (Å²) in [6.07, 6.45) is -0.813. The van der Waals surface area contributed by atoms with E-state index in [1.165, 1.54) is 19.1 Å². The zero-order chi connectivity index (χ0) is 31.9. The van der Waals surface area contributed by atoms with Gasteiger partial charge in [0.1, 0.15) is 12.8 Å². The van der Waals surface area contributed by atoms with Gasteiger partial charge >= 0.3 is 0 Å². The van der Waals surface area contributed by atoms with Crippen molar-refractivity contribution in [1.29, 1.82) is 0 Å². The van der Waals surface area contributed by atoms with Crippen molar-refractivity contribution in [2.45, 2.75) is 82.1 Å². The predicted octanol–water partition coefficient (Wildman–Crippen LogP) is 4.41. The van der Waals surface area contributed by atoms with E-state index >= 15 is 8.78 Å². The molecule has 5 aliphatic rings. The van der Waals surface area contributed by atoms with E-state index < -0.39 is 76.8 Å². The summed E-state index contributed by atoms with van der Waals surface area (Å²) < 4.78 is 46.3. The molecule has 7 nitrogen and oxygen atoms in total. The van der Waals surface area contributed by atoms with E-state index in [9.17, 15) is 24.9 Å². The Hall–Kier alpha value is -3.08. The summed E-state index contributed by atoms with van der Waals surface area (Å²) in [5, 5.41) is 31.3. The Morgan fingerprint density at radius 1 is 1.02 bits per heavy atom. The molecule has 4 fully saturated rings. The van der Waals surface area contributed by atoms with Gasteiger partial charge < -0.3 is 24.8 Å². The molecule has 3 N–H and O–H groups in total. The maximum Gasteiger partial charge on any atom is 0.193 e. The average Bonchev–Trinajstić information content (AvgIpc) is 3.53. The van der Waals surface area contributed by atoms with Gasteiger partial charge in [0.25, 0.3) is 0 Å². The van der Waals surface area contributed by atoms with E-state index in [1.807, 2.05) is 48.5 Å². The Morgan fingerprint density at radius 3 is 2.47 bits per heavy atom. The summed E-state index contributed by atoms with van der Waals surface area (Å²) in [6, 6.07) is 15.3. The van der Waals surface area contributed by atoms with Gasteiger partial charge in [-0.05, 0) is 72.9 Å². The number of aliphatic hydroxyl groups excluding tert-OH is 3. The number of halogens is 2. The Labute approximate surface area is 260 Å². The van der Waals surface area contributed by atoms with Crippen LogP contribution in [-0.2, 0) is 32.1 Å². The number of rotatable bonds is 6. The molecule has 2 aromatic carbocycles. The molecular formula is C36H38F2O7. The number of ketones is 2.